The van der Waals surface area contributed by atoms with Gasteiger partial charge in [0.2, 0.25) is 5.91 Å². The number of carbonyl (C=O) groups excluding carboxylic acids is 1. The number of benzene rings is 1. The lowest BCUT2D eigenvalue weighted by atomic mass is 9.91. The summed E-state index contributed by atoms with van der Waals surface area (Å²) in [6.07, 6.45) is 4.81. The summed E-state index contributed by atoms with van der Waals surface area (Å²) in [5, 5.41) is 9.91. The van der Waals surface area contributed by atoms with Gasteiger partial charge in [-0.1, -0.05) is 18.2 Å². The zero-order valence-electron chi connectivity index (χ0n) is 14.3. The molecule has 0 aliphatic carbocycles. The van der Waals surface area contributed by atoms with E-state index in [0.29, 0.717) is 6.42 Å². The Bertz CT molecular complexity index is 690. The van der Waals surface area contributed by atoms with Crippen LogP contribution in [0.25, 0.3) is 10.1 Å². The van der Waals surface area contributed by atoms with Gasteiger partial charge in [-0.3, -0.25) is 14.9 Å². The van der Waals surface area contributed by atoms with Crippen molar-refractivity contribution in [1.82, 2.24) is 10.4 Å². The molecule has 0 atom stereocenters. The first-order valence-corrected chi connectivity index (χ1v) is 9.61. The third-order valence-corrected chi connectivity index (χ3v) is 6.42. The van der Waals surface area contributed by atoms with E-state index >= 15 is 0 Å². The summed E-state index contributed by atoms with van der Waals surface area (Å²) in [6, 6.07) is 8.67. The monoisotopic (exact) mass is 346 g/mol. The van der Waals surface area contributed by atoms with E-state index in [2.05, 4.69) is 36.1 Å². The predicted octanol–water partition coefficient (Wildman–Crippen LogP) is 4.10. The molecule has 130 valence electrons. The van der Waals surface area contributed by atoms with E-state index in [1.165, 1.54) is 33.4 Å². The van der Waals surface area contributed by atoms with Crippen LogP contribution in [0.3, 0.4) is 0 Å². The molecule has 0 spiro atoms. The Morgan fingerprint density at radius 1 is 1.33 bits per heavy atom. The second kappa shape index (κ2) is 8.10. The molecule has 1 aromatic carbocycles. The van der Waals surface area contributed by atoms with E-state index in [-0.39, 0.29) is 5.91 Å². The number of fused-ring (bicyclic) bond motifs is 1. The highest BCUT2D eigenvalue weighted by Crippen LogP contribution is 2.32. The standard InChI is InChI=1S/C19H26N2O2S/c1-14-16-6-2-3-7-17(16)24-18(14)13-21-11-9-15(10-12-21)5-4-8-19(22)20-23/h2-3,6-7,15,23H,4-5,8-13H2,1H3,(H,20,22). The molecule has 1 aliphatic heterocycles. The summed E-state index contributed by atoms with van der Waals surface area (Å²) in [5.74, 6) is 0.448. The molecular formula is C19H26N2O2S. The van der Waals surface area contributed by atoms with E-state index in [1.807, 2.05) is 11.3 Å². The third kappa shape index (κ3) is 4.15. The maximum atomic E-state index is 11.0. The molecule has 24 heavy (non-hydrogen) atoms. The smallest absolute Gasteiger partial charge is 0.243 e. The van der Waals surface area contributed by atoms with Gasteiger partial charge in [0.25, 0.3) is 0 Å². The summed E-state index contributed by atoms with van der Waals surface area (Å²) < 4.78 is 1.39. The van der Waals surface area contributed by atoms with Crippen LogP contribution in [0.15, 0.2) is 24.3 Å². The number of nitrogens with zero attached hydrogens (tertiary/aromatic N) is 1. The fraction of sp³-hybridized carbons (Fsp3) is 0.526. The molecular weight excluding hydrogens is 320 g/mol. The van der Waals surface area contributed by atoms with Crippen LogP contribution in [0.5, 0.6) is 0 Å². The fourth-order valence-electron chi connectivity index (χ4n) is 3.62. The molecule has 3 rings (SSSR count). The number of amides is 1. The average molecular weight is 346 g/mol. The molecule has 5 heteroatoms. The van der Waals surface area contributed by atoms with E-state index in [4.69, 9.17) is 5.21 Å². The number of hydroxylamine groups is 1. The minimum Gasteiger partial charge on any atom is -0.298 e. The molecule has 0 unspecified atom stereocenters. The van der Waals surface area contributed by atoms with Crippen LogP contribution in [0.4, 0.5) is 0 Å². The lowest BCUT2D eigenvalue weighted by Crippen LogP contribution is -2.33. The normalized spacial score (nSPS) is 16.6. The Labute approximate surface area is 147 Å². The molecule has 1 fully saturated rings. The highest BCUT2D eigenvalue weighted by atomic mass is 32.1. The van der Waals surface area contributed by atoms with Gasteiger partial charge in [-0.15, -0.1) is 11.3 Å². The van der Waals surface area contributed by atoms with Crippen molar-refractivity contribution in [2.75, 3.05) is 13.1 Å². The van der Waals surface area contributed by atoms with Crippen LogP contribution in [-0.2, 0) is 11.3 Å². The van der Waals surface area contributed by atoms with Crippen molar-refractivity contribution in [3.63, 3.8) is 0 Å². The van der Waals surface area contributed by atoms with Gasteiger partial charge in [0, 0.05) is 22.5 Å². The van der Waals surface area contributed by atoms with Gasteiger partial charge in [-0.2, -0.15) is 0 Å². The topological polar surface area (TPSA) is 52.6 Å². The van der Waals surface area contributed by atoms with Gasteiger partial charge < -0.3 is 0 Å². The van der Waals surface area contributed by atoms with Crippen molar-refractivity contribution < 1.29 is 10.0 Å². The van der Waals surface area contributed by atoms with E-state index in [1.54, 1.807) is 5.48 Å². The van der Waals surface area contributed by atoms with E-state index in [9.17, 15) is 4.79 Å². The number of rotatable bonds is 6. The first kappa shape index (κ1) is 17.4. The summed E-state index contributed by atoms with van der Waals surface area (Å²) in [5.41, 5.74) is 3.14. The van der Waals surface area contributed by atoms with Gasteiger partial charge in [0.15, 0.2) is 0 Å². The number of likely N-dealkylation sites (tertiary alicyclic amines) is 1. The van der Waals surface area contributed by atoms with Crippen LogP contribution < -0.4 is 5.48 Å². The van der Waals surface area contributed by atoms with Crippen LogP contribution >= 0.6 is 11.3 Å². The second-order valence-electron chi connectivity index (χ2n) is 6.79. The number of hydrogen-bond acceptors (Lipinski definition) is 4. The minimum absolute atomic E-state index is 0.271. The average Bonchev–Trinajstić information content (AvgIpc) is 2.92. The Balaban J connectivity index is 1.48. The summed E-state index contributed by atoms with van der Waals surface area (Å²) in [4.78, 5) is 15.1. The maximum Gasteiger partial charge on any atom is 0.243 e. The molecule has 4 nitrogen and oxygen atoms in total. The van der Waals surface area contributed by atoms with Crippen molar-refractivity contribution in [2.45, 2.75) is 45.6 Å². The molecule has 2 heterocycles. The molecule has 1 aromatic heterocycles. The van der Waals surface area contributed by atoms with Crippen LogP contribution in [-0.4, -0.2) is 29.1 Å². The predicted molar refractivity (Wildman–Crippen MR) is 98.3 cm³/mol. The highest BCUT2D eigenvalue weighted by Gasteiger charge is 2.20. The van der Waals surface area contributed by atoms with Crippen molar-refractivity contribution in [1.29, 1.82) is 0 Å². The number of nitrogens with one attached hydrogen (secondary N) is 1. The Kier molecular flexibility index (Phi) is 5.87. The molecule has 0 bridgehead atoms. The van der Waals surface area contributed by atoms with Crippen LogP contribution in [0.2, 0.25) is 0 Å². The maximum absolute atomic E-state index is 11.0. The largest absolute Gasteiger partial charge is 0.298 e. The lowest BCUT2D eigenvalue weighted by Gasteiger charge is -2.31. The SMILES string of the molecule is Cc1c(CN2CCC(CCCC(=O)NO)CC2)sc2ccccc12. The number of aryl methyl sites for hydroxylation is 1. The Morgan fingerprint density at radius 3 is 2.79 bits per heavy atom. The van der Waals surface area contributed by atoms with Crippen molar-refractivity contribution >= 4 is 27.3 Å². The molecule has 0 saturated carbocycles. The molecule has 0 radical (unpaired) electrons. The zero-order valence-corrected chi connectivity index (χ0v) is 15.1. The van der Waals surface area contributed by atoms with Crippen LogP contribution in [0, 0.1) is 12.8 Å². The minimum atomic E-state index is -0.271. The number of hydrogen-bond donors (Lipinski definition) is 2. The fourth-order valence-corrected chi connectivity index (χ4v) is 4.87. The first-order valence-electron chi connectivity index (χ1n) is 8.79. The molecule has 2 N–H and O–H groups in total. The second-order valence-corrected chi connectivity index (χ2v) is 7.93. The van der Waals surface area contributed by atoms with Gasteiger partial charge in [-0.25, -0.2) is 5.48 Å². The molecule has 1 amide bonds. The quantitative estimate of drug-likeness (QED) is 0.612. The van der Waals surface area contributed by atoms with Gasteiger partial charge in [0.1, 0.15) is 0 Å². The highest BCUT2D eigenvalue weighted by molar-refractivity contribution is 7.19. The lowest BCUT2D eigenvalue weighted by molar-refractivity contribution is -0.129. The Hall–Kier alpha value is -1.43. The number of thiophene rings is 1. The third-order valence-electron chi connectivity index (χ3n) is 5.16. The molecule has 2 aromatic rings. The molecule has 1 aliphatic rings. The number of carbonyl (C=O) groups is 1. The van der Waals surface area contributed by atoms with Crippen molar-refractivity contribution in [3.05, 3.63) is 34.7 Å². The van der Waals surface area contributed by atoms with Gasteiger partial charge in [-0.05, 0) is 68.6 Å². The van der Waals surface area contributed by atoms with Crippen molar-refractivity contribution in [2.24, 2.45) is 5.92 Å². The summed E-state index contributed by atoms with van der Waals surface area (Å²) in [6.45, 7) is 5.59. The Morgan fingerprint density at radius 2 is 2.08 bits per heavy atom. The van der Waals surface area contributed by atoms with E-state index in [0.717, 1.165) is 38.4 Å². The van der Waals surface area contributed by atoms with Crippen LogP contribution in [0.1, 0.15) is 42.5 Å². The molecule has 1 saturated heterocycles. The summed E-state index contributed by atoms with van der Waals surface area (Å²) in [7, 11) is 0. The van der Waals surface area contributed by atoms with Gasteiger partial charge >= 0.3 is 0 Å². The first-order chi connectivity index (χ1) is 11.7. The van der Waals surface area contributed by atoms with E-state index < -0.39 is 0 Å². The van der Waals surface area contributed by atoms with Crippen molar-refractivity contribution in [3.8, 4) is 0 Å². The van der Waals surface area contributed by atoms with Gasteiger partial charge in [0.05, 0.1) is 0 Å². The summed E-state index contributed by atoms with van der Waals surface area (Å²) >= 11 is 1.93. The number of piperidine rings is 1. The zero-order chi connectivity index (χ0) is 16.9.